The number of ether oxygens (including phenoxy) is 2. The van der Waals surface area contributed by atoms with Gasteiger partial charge in [0.1, 0.15) is 0 Å². The second-order valence-corrected chi connectivity index (χ2v) is 3.44. The molecule has 0 spiro atoms. The van der Waals surface area contributed by atoms with Crippen molar-refractivity contribution >= 4 is 5.78 Å². The van der Waals surface area contributed by atoms with E-state index in [-0.39, 0.29) is 11.7 Å². The van der Waals surface area contributed by atoms with Crippen molar-refractivity contribution in [2.45, 2.75) is 25.9 Å². The van der Waals surface area contributed by atoms with Crippen LogP contribution in [0.15, 0.2) is 36.3 Å². The quantitative estimate of drug-likeness (QED) is 0.665. The molecule has 0 saturated carbocycles. The molecule has 1 aliphatic rings. The van der Waals surface area contributed by atoms with E-state index in [2.05, 4.69) is 0 Å². The van der Waals surface area contributed by atoms with Crippen molar-refractivity contribution < 1.29 is 14.3 Å². The zero-order valence-electron chi connectivity index (χ0n) is 9.32. The minimum absolute atomic E-state index is 0.0968. The molecule has 1 heterocycles. The first-order valence-electron chi connectivity index (χ1n) is 4.96. The number of carbonyl (C=O) groups excluding carboxylic acids is 1. The molecular weight excluding hydrogens is 192 g/mol. The summed E-state index contributed by atoms with van der Waals surface area (Å²) < 4.78 is 10.2. The lowest BCUT2D eigenvalue weighted by Gasteiger charge is -2.18. The maximum absolute atomic E-state index is 11.6. The molecule has 15 heavy (non-hydrogen) atoms. The summed E-state index contributed by atoms with van der Waals surface area (Å²) in [5, 5.41) is 0. The van der Waals surface area contributed by atoms with Crippen molar-refractivity contribution in [3.63, 3.8) is 0 Å². The van der Waals surface area contributed by atoms with Gasteiger partial charge in [-0.2, -0.15) is 0 Å². The summed E-state index contributed by atoms with van der Waals surface area (Å²) in [5.74, 6) is 0.173. The Bertz CT molecular complexity index is 326. The highest BCUT2D eigenvalue weighted by Gasteiger charge is 2.38. The molecule has 1 atom stereocenters. The van der Waals surface area contributed by atoms with Crippen LogP contribution in [0, 0.1) is 0 Å². The van der Waals surface area contributed by atoms with Crippen LogP contribution in [-0.4, -0.2) is 18.5 Å². The molecule has 0 fully saturated rings. The van der Waals surface area contributed by atoms with E-state index in [9.17, 15) is 4.79 Å². The molecule has 82 valence electrons. The second kappa shape index (κ2) is 4.82. The minimum Gasteiger partial charge on any atom is -0.469 e. The Morgan fingerprint density at radius 2 is 2.27 bits per heavy atom. The largest absolute Gasteiger partial charge is 0.469 e. The van der Waals surface area contributed by atoms with Crippen LogP contribution in [0.25, 0.3) is 0 Å². The molecular formula is C12H16O3. The van der Waals surface area contributed by atoms with Gasteiger partial charge in [-0.05, 0) is 19.4 Å². The number of methoxy groups -OCH3 is 1. The molecule has 0 unspecified atom stereocenters. The Morgan fingerprint density at radius 3 is 2.80 bits per heavy atom. The number of hydrogen-bond acceptors (Lipinski definition) is 3. The molecule has 0 saturated heterocycles. The molecule has 0 aromatic carbocycles. The summed E-state index contributed by atoms with van der Waals surface area (Å²) in [6.45, 7) is 3.77. The van der Waals surface area contributed by atoms with Crippen LogP contribution in [0.4, 0.5) is 0 Å². The molecule has 0 N–H and O–H groups in total. The van der Waals surface area contributed by atoms with E-state index < -0.39 is 5.60 Å². The van der Waals surface area contributed by atoms with Gasteiger partial charge in [0.2, 0.25) is 5.78 Å². The zero-order chi connectivity index (χ0) is 11.3. The van der Waals surface area contributed by atoms with Crippen molar-refractivity contribution in [2.75, 3.05) is 7.11 Å². The lowest BCUT2D eigenvalue weighted by Crippen LogP contribution is -2.29. The molecule has 0 aromatic heterocycles. The minimum atomic E-state index is -0.913. The molecule has 1 aliphatic heterocycles. The van der Waals surface area contributed by atoms with Gasteiger partial charge in [-0.25, -0.2) is 0 Å². The van der Waals surface area contributed by atoms with E-state index in [1.54, 1.807) is 13.0 Å². The summed E-state index contributed by atoms with van der Waals surface area (Å²) >= 11 is 0. The molecule has 3 heteroatoms. The average molecular weight is 208 g/mol. The Hall–Kier alpha value is -1.51. The van der Waals surface area contributed by atoms with Crippen molar-refractivity contribution in [1.82, 2.24) is 0 Å². The van der Waals surface area contributed by atoms with Crippen molar-refractivity contribution in [3.8, 4) is 0 Å². The van der Waals surface area contributed by atoms with Crippen LogP contribution in [0.5, 0.6) is 0 Å². The van der Waals surface area contributed by atoms with Crippen LogP contribution in [0.2, 0.25) is 0 Å². The van der Waals surface area contributed by atoms with Gasteiger partial charge in [-0.15, -0.1) is 0 Å². The fourth-order valence-corrected chi connectivity index (χ4v) is 1.21. The predicted molar refractivity (Wildman–Crippen MR) is 58.2 cm³/mol. The van der Waals surface area contributed by atoms with Gasteiger partial charge in [0, 0.05) is 0 Å². The maximum Gasteiger partial charge on any atom is 0.283 e. The van der Waals surface area contributed by atoms with Crippen LogP contribution < -0.4 is 0 Å². The van der Waals surface area contributed by atoms with Gasteiger partial charge in [0.15, 0.2) is 5.60 Å². The van der Waals surface area contributed by atoms with Crippen LogP contribution in [0.1, 0.15) is 20.3 Å². The highest BCUT2D eigenvalue weighted by molar-refractivity contribution is 6.00. The lowest BCUT2D eigenvalue weighted by atomic mass is 10.0. The van der Waals surface area contributed by atoms with Gasteiger partial charge in [0.25, 0.3) is 5.95 Å². The molecule has 0 radical (unpaired) electrons. The first-order chi connectivity index (χ1) is 7.12. The topological polar surface area (TPSA) is 35.5 Å². The van der Waals surface area contributed by atoms with Crippen LogP contribution in [-0.2, 0) is 14.3 Å². The van der Waals surface area contributed by atoms with Gasteiger partial charge >= 0.3 is 0 Å². The SMILES string of the molecule is CC/C=C/C=C/[C@]1(C)OC(OC)=CC1=O. The third kappa shape index (κ3) is 2.72. The molecule has 0 aromatic rings. The fourth-order valence-electron chi connectivity index (χ4n) is 1.21. The van der Waals surface area contributed by atoms with E-state index in [1.165, 1.54) is 13.2 Å². The summed E-state index contributed by atoms with van der Waals surface area (Å²) in [4.78, 5) is 11.6. The average Bonchev–Trinajstić information content (AvgIpc) is 2.51. The van der Waals surface area contributed by atoms with Crippen LogP contribution in [0.3, 0.4) is 0 Å². The molecule has 3 nitrogen and oxygen atoms in total. The third-order valence-corrected chi connectivity index (χ3v) is 2.15. The Labute approximate surface area is 90.1 Å². The maximum atomic E-state index is 11.6. The Morgan fingerprint density at radius 1 is 1.53 bits per heavy atom. The Kier molecular flexibility index (Phi) is 3.72. The number of ketones is 1. The highest BCUT2D eigenvalue weighted by Crippen LogP contribution is 2.26. The van der Waals surface area contributed by atoms with E-state index in [0.29, 0.717) is 0 Å². The van der Waals surface area contributed by atoms with E-state index in [0.717, 1.165) is 6.42 Å². The molecule has 0 aliphatic carbocycles. The molecule has 0 amide bonds. The molecule has 0 bridgehead atoms. The van der Waals surface area contributed by atoms with Crippen molar-refractivity contribution in [1.29, 1.82) is 0 Å². The van der Waals surface area contributed by atoms with Gasteiger partial charge < -0.3 is 9.47 Å². The first kappa shape index (κ1) is 11.6. The number of carbonyl (C=O) groups is 1. The van der Waals surface area contributed by atoms with E-state index in [4.69, 9.17) is 9.47 Å². The Balaban J connectivity index is 2.67. The summed E-state index contributed by atoms with van der Waals surface area (Å²) in [6.07, 6.45) is 9.78. The summed E-state index contributed by atoms with van der Waals surface area (Å²) in [7, 11) is 1.48. The monoisotopic (exact) mass is 208 g/mol. The summed E-state index contributed by atoms with van der Waals surface area (Å²) in [6, 6.07) is 0. The van der Waals surface area contributed by atoms with Crippen molar-refractivity contribution in [3.05, 3.63) is 36.3 Å². The highest BCUT2D eigenvalue weighted by atomic mass is 16.7. The van der Waals surface area contributed by atoms with E-state index >= 15 is 0 Å². The third-order valence-electron chi connectivity index (χ3n) is 2.15. The van der Waals surface area contributed by atoms with Gasteiger partial charge in [-0.1, -0.05) is 25.2 Å². The van der Waals surface area contributed by atoms with E-state index in [1.807, 2.05) is 25.2 Å². The number of rotatable bonds is 4. The van der Waals surface area contributed by atoms with Crippen molar-refractivity contribution in [2.24, 2.45) is 0 Å². The fraction of sp³-hybridized carbons (Fsp3) is 0.417. The normalized spacial score (nSPS) is 26.1. The zero-order valence-corrected chi connectivity index (χ0v) is 9.32. The predicted octanol–water partition coefficient (Wildman–Crippen LogP) is 2.35. The summed E-state index contributed by atoms with van der Waals surface area (Å²) in [5.41, 5.74) is -0.913. The second-order valence-electron chi connectivity index (χ2n) is 3.44. The number of allylic oxidation sites excluding steroid dienone is 3. The van der Waals surface area contributed by atoms with Gasteiger partial charge in [-0.3, -0.25) is 4.79 Å². The lowest BCUT2D eigenvalue weighted by molar-refractivity contribution is -0.126. The standard InChI is InChI=1S/C12H16O3/c1-4-5-6-7-8-12(2)10(13)9-11(14-3)15-12/h5-9H,4H2,1-3H3/b6-5+,8-7+/t12-/m0/s1. The smallest absolute Gasteiger partial charge is 0.283 e. The molecule has 1 rings (SSSR count). The first-order valence-corrected chi connectivity index (χ1v) is 4.96. The van der Waals surface area contributed by atoms with Crippen LogP contribution >= 0.6 is 0 Å². The number of hydrogen-bond donors (Lipinski definition) is 0. The van der Waals surface area contributed by atoms with Gasteiger partial charge in [0.05, 0.1) is 13.2 Å².